The molecule has 0 bridgehead atoms. The van der Waals surface area contributed by atoms with Crippen LogP contribution in [-0.2, 0) is 25.6 Å². The molecule has 0 unspecified atom stereocenters. The fourth-order valence-electron chi connectivity index (χ4n) is 1.97. The van der Waals surface area contributed by atoms with Gasteiger partial charge in [-0.15, -0.1) is 0 Å². The number of carbonyl (C=O) groups is 1. The zero-order valence-corrected chi connectivity index (χ0v) is 11.2. The summed E-state index contributed by atoms with van der Waals surface area (Å²) >= 11 is 0. The summed E-state index contributed by atoms with van der Waals surface area (Å²) in [7, 11) is 0. The molecule has 1 aliphatic rings. The van der Waals surface area contributed by atoms with E-state index in [0.717, 1.165) is 12.8 Å². The first-order chi connectivity index (χ1) is 9.28. The minimum atomic E-state index is -0.295. The van der Waals surface area contributed by atoms with E-state index < -0.39 is 0 Å². The van der Waals surface area contributed by atoms with E-state index in [2.05, 4.69) is 0 Å². The molecule has 1 saturated carbocycles. The third-order valence-corrected chi connectivity index (χ3v) is 3.12. The maximum Gasteiger partial charge on any atom is 0.332 e. The predicted octanol–water partition coefficient (Wildman–Crippen LogP) is 2.31. The minimum absolute atomic E-state index is 0.0455. The van der Waals surface area contributed by atoms with Gasteiger partial charge in [0.1, 0.15) is 6.61 Å². The molecule has 104 valence electrons. The van der Waals surface area contributed by atoms with Gasteiger partial charge in [-0.3, -0.25) is 0 Å². The number of carbonyl (C=O) groups excluding carboxylic acids is 1. The van der Waals surface area contributed by atoms with Crippen LogP contribution in [0, 0.1) is 0 Å². The number of rotatable bonds is 7. The first-order valence-corrected chi connectivity index (χ1v) is 6.70. The van der Waals surface area contributed by atoms with Crippen molar-refractivity contribution in [2.24, 2.45) is 0 Å². The Bertz CT molecular complexity index is 384. The van der Waals surface area contributed by atoms with Crippen molar-refractivity contribution in [3.05, 3.63) is 35.9 Å². The summed E-state index contributed by atoms with van der Waals surface area (Å²) in [6.45, 7) is 2.87. The number of benzene rings is 1. The molecule has 0 aliphatic heterocycles. The van der Waals surface area contributed by atoms with Crippen LogP contribution in [-0.4, -0.2) is 31.4 Å². The Kier molecular flexibility index (Phi) is 5.36. The van der Waals surface area contributed by atoms with Crippen LogP contribution in [0.5, 0.6) is 0 Å². The van der Waals surface area contributed by atoms with E-state index in [9.17, 15) is 4.79 Å². The third-order valence-electron chi connectivity index (χ3n) is 3.12. The van der Waals surface area contributed by atoms with Crippen molar-refractivity contribution in [1.29, 1.82) is 0 Å². The average Bonchev–Trinajstić information content (AvgIpc) is 2.38. The van der Waals surface area contributed by atoms with Crippen molar-refractivity contribution in [2.75, 3.05) is 13.2 Å². The average molecular weight is 264 g/mol. The molecule has 4 heteroatoms. The van der Waals surface area contributed by atoms with Crippen LogP contribution < -0.4 is 0 Å². The monoisotopic (exact) mass is 264 g/mol. The van der Waals surface area contributed by atoms with Gasteiger partial charge in [0.25, 0.3) is 0 Å². The zero-order valence-electron chi connectivity index (χ0n) is 11.2. The van der Waals surface area contributed by atoms with Gasteiger partial charge < -0.3 is 14.2 Å². The summed E-state index contributed by atoms with van der Waals surface area (Å²) in [5.41, 5.74) is 1.18. The van der Waals surface area contributed by atoms with Crippen molar-refractivity contribution in [3.8, 4) is 0 Å². The molecule has 0 N–H and O–H groups in total. The van der Waals surface area contributed by atoms with Crippen molar-refractivity contribution >= 4 is 5.97 Å². The molecule has 0 atom stereocenters. The molecule has 0 heterocycles. The number of ether oxygens (including phenoxy) is 3. The standard InChI is InChI=1S/C15H20O4/c1-2-17-15(16)11-19-14-8-13(9-14)18-10-12-6-4-3-5-7-12/h3-7,13-14H,2,8-11H2,1H3/t13-,14-. The number of hydrogen-bond donors (Lipinski definition) is 0. The maximum atomic E-state index is 11.1. The van der Waals surface area contributed by atoms with Gasteiger partial charge in [0.2, 0.25) is 0 Å². The Labute approximate surface area is 113 Å². The van der Waals surface area contributed by atoms with E-state index in [1.807, 2.05) is 30.3 Å². The molecule has 1 aromatic rings. The molecule has 19 heavy (non-hydrogen) atoms. The summed E-state index contributed by atoms with van der Waals surface area (Å²) in [4.78, 5) is 11.1. The lowest BCUT2D eigenvalue weighted by atomic mass is 9.92. The van der Waals surface area contributed by atoms with Crippen molar-refractivity contribution in [3.63, 3.8) is 0 Å². The fourth-order valence-corrected chi connectivity index (χ4v) is 1.97. The van der Waals surface area contributed by atoms with Crippen LogP contribution in [0.1, 0.15) is 25.3 Å². The SMILES string of the molecule is CCOC(=O)CO[C@H]1C[C@H](OCc2ccccc2)C1. The summed E-state index contributed by atoms with van der Waals surface area (Å²) in [5, 5.41) is 0. The van der Waals surface area contributed by atoms with Crippen LogP contribution in [0.15, 0.2) is 30.3 Å². The van der Waals surface area contributed by atoms with Crippen LogP contribution in [0.3, 0.4) is 0 Å². The fraction of sp³-hybridized carbons (Fsp3) is 0.533. The van der Waals surface area contributed by atoms with Crippen molar-refractivity contribution in [1.82, 2.24) is 0 Å². The molecule has 1 aliphatic carbocycles. The molecule has 4 nitrogen and oxygen atoms in total. The molecule has 1 aromatic carbocycles. The van der Waals surface area contributed by atoms with Gasteiger partial charge in [0.05, 0.1) is 25.4 Å². The molecular formula is C15H20O4. The van der Waals surface area contributed by atoms with Crippen LogP contribution in [0.2, 0.25) is 0 Å². The van der Waals surface area contributed by atoms with Gasteiger partial charge in [-0.25, -0.2) is 4.79 Å². The van der Waals surface area contributed by atoms with E-state index in [1.165, 1.54) is 5.56 Å². The van der Waals surface area contributed by atoms with Gasteiger partial charge in [-0.05, 0) is 25.3 Å². The smallest absolute Gasteiger partial charge is 0.332 e. The molecule has 0 spiro atoms. The van der Waals surface area contributed by atoms with Gasteiger partial charge in [-0.2, -0.15) is 0 Å². The molecule has 0 saturated heterocycles. The second-order valence-electron chi connectivity index (χ2n) is 4.63. The Morgan fingerprint density at radius 1 is 1.16 bits per heavy atom. The highest BCUT2D eigenvalue weighted by Gasteiger charge is 2.31. The normalized spacial score (nSPS) is 21.7. The van der Waals surface area contributed by atoms with E-state index in [1.54, 1.807) is 6.92 Å². The minimum Gasteiger partial charge on any atom is -0.464 e. The summed E-state index contributed by atoms with van der Waals surface area (Å²) in [6, 6.07) is 10.1. The van der Waals surface area contributed by atoms with Gasteiger partial charge >= 0.3 is 5.97 Å². The van der Waals surface area contributed by atoms with Gasteiger partial charge in [-0.1, -0.05) is 30.3 Å². The Morgan fingerprint density at radius 2 is 1.84 bits per heavy atom. The summed E-state index contributed by atoms with van der Waals surface area (Å²) in [5.74, 6) is -0.295. The lowest BCUT2D eigenvalue weighted by Gasteiger charge is -2.34. The van der Waals surface area contributed by atoms with Crippen LogP contribution >= 0.6 is 0 Å². The van der Waals surface area contributed by atoms with E-state index in [4.69, 9.17) is 14.2 Å². The highest BCUT2D eigenvalue weighted by Crippen LogP contribution is 2.27. The molecule has 2 rings (SSSR count). The lowest BCUT2D eigenvalue weighted by Crippen LogP contribution is -2.38. The summed E-state index contributed by atoms with van der Waals surface area (Å²) < 4.78 is 16.0. The molecular weight excluding hydrogens is 244 g/mol. The zero-order chi connectivity index (χ0) is 13.5. The second kappa shape index (κ2) is 7.26. The van der Waals surface area contributed by atoms with Crippen molar-refractivity contribution < 1.29 is 19.0 Å². The highest BCUT2D eigenvalue weighted by atomic mass is 16.6. The topological polar surface area (TPSA) is 44.8 Å². The largest absolute Gasteiger partial charge is 0.464 e. The van der Waals surface area contributed by atoms with Gasteiger partial charge in [0.15, 0.2) is 0 Å². The molecule has 1 fully saturated rings. The van der Waals surface area contributed by atoms with E-state index >= 15 is 0 Å². The number of esters is 1. The quantitative estimate of drug-likeness (QED) is 0.709. The Balaban J connectivity index is 1.55. The van der Waals surface area contributed by atoms with Crippen molar-refractivity contribution in [2.45, 2.75) is 38.6 Å². The Morgan fingerprint density at radius 3 is 2.53 bits per heavy atom. The third kappa shape index (κ3) is 4.65. The van der Waals surface area contributed by atoms with E-state index in [0.29, 0.717) is 13.2 Å². The number of hydrogen-bond acceptors (Lipinski definition) is 4. The maximum absolute atomic E-state index is 11.1. The highest BCUT2D eigenvalue weighted by molar-refractivity contribution is 5.70. The first kappa shape index (κ1) is 14.0. The molecule has 0 radical (unpaired) electrons. The summed E-state index contributed by atoms with van der Waals surface area (Å²) in [6.07, 6.45) is 2.08. The predicted molar refractivity (Wildman–Crippen MR) is 70.6 cm³/mol. The van der Waals surface area contributed by atoms with E-state index in [-0.39, 0.29) is 24.8 Å². The Hall–Kier alpha value is -1.39. The second-order valence-corrected chi connectivity index (χ2v) is 4.63. The molecule has 0 amide bonds. The van der Waals surface area contributed by atoms with Crippen LogP contribution in [0.25, 0.3) is 0 Å². The lowest BCUT2D eigenvalue weighted by molar-refractivity contribution is -0.158. The van der Waals surface area contributed by atoms with Crippen LogP contribution in [0.4, 0.5) is 0 Å². The molecule has 0 aromatic heterocycles. The first-order valence-electron chi connectivity index (χ1n) is 6.70. The van der Waals surface area contributed by atoms with Gasteiger partial charge in [0, 0.05) is 0 Å².